The maximum absolute atomic E-state index is 13.8. The van der Waals surface area contributed by atoms with Crippen molar-refractivity contribution < 1.29 is 28.2 Å². The molecule has 1 aliphatic rings. The molecule has 0 saturated carbocycles. The highest BCUT2D eigenvalue weighted by Crippen LogP contribution is 2.44. The first kappa shape index (κ1) is 34.6. The van der Waals surface area contributed by atoms with Crippen LogP contribution in [0, 0.1) is 5.82 Å². The van der Waals surface area contributed by atoms with Crippen LogP contribution in [0.15, 0.2) is 91.0 Å². The highest BCUT2D eigenvalue weighted by atomic mass is 32.1. The third-order valence-electron chi connectivity index (χ3n) is 8.42. The molecular formula is C37H41FN4O5S. The molecule has 0 fully saturated rings. The zero-order chi connectivity index (χ0) is 34.0. The van der Waals surface area contributed by atoms with E-state index in [0.29, 0.717) is 48.7 Å². The van der Waals surface area contributed by atoms with E-state index >= 15 is 0 Å². The number of halogens is 1. The number of alkyl carbamates (subject to hydrolysis) is 1. The fraction of sp³-hybridized carbons (Fsp3) is 0.297. The Bertz CT molecular complexity index is 1660. The molecule has 0 bridgehead atoms. The van der Waals surface area contributed by atoms with Crippen LogP contribution in [0.1, 0.15) is 36.3 Å². The molecule has 48 heavy (non-hydrogen) atoms. The average molecular weight is 673 g/mol. The van der Waals surface area contributed by atoms with Gasteiger partial charge in [-0.1, -0.05) is 48.5 Å². The largest absolute Gasteiger partial charge is 0.493 e. The molecule has 2 amide bonds. The van der Waals surface area contributed by atoms with Crippen molar-refractivity contribution in [1.29, 1.82) is 0 Å². The van der Waals surface area contributed by atoms with Crippen LogP contribution in [0.2, 0.25) is 0 Å². The number of likely N-dealkylation sites (N-methyl/N-ethyl adjacent to an activating group) is 1. The number of nitrogens with zero attached hydrogens (tertiary/aromatic N) is 1. The van der Waals surface area contributed by atoms with Crippen molar-refractivity contribution in [3.63, 3.8) is 0 Å². The van der Waals surface area contributed by atoms with Crippen LogP contribution in [0.4, 0.5) is 20.6 Å². The molecule has 4 aromatic carbocycles. The molecule has 11 heteroatoms. The van der Waals surface area contributed by atoms with Gasteiger partial charge in [0.25, 0.3) is 0 Å². The lowest BCUT2D eigenvalue weighted by Gasteiger charge is -2.28. The van der Waals surface area contributed by atoms with Gasteiger partial charge in [0.15, 0.2) is 11.5 Å². The van der Waals surface area contributed by atoms with E-state index in [0.717, 1.165) is 11.1 Å². The maximum Gasteiger partial charge on any atom is 0.407 e. The number of ether oxygens (including phenoxy) is 3. The first-order valence-electron chi connectivity index (χ1n) is 15.8. The number of carbonyl (C=O) groups excluding carboxylic acids is 2. The number of hydrogen-bond donors (Lipinski definition) is 4. The Kier molecular flexibility index (Phi) is 11.8. The third kappa shape index (κ3) is 8.39. The van der Waals surface area contributed by atoms with E-state index in [1.165, 1.54) is 30.4 Å². The van der Waals surface area contributed by atoms with E-state index in [2.05, 4.69) is 52.8 Å². The smallest absolute Gasteiger partial charge is 0.407 e. The molecule has 0 aromatic heterocycles. The maximum atomic E-state index is 13.8. The summed E-state index contributed by atoms with van der Waals surface area (Å²) in [6.07, 6.45) is 1.24. The molecule has 3 N–H and O–H groups in total. The lowest BCUT2D eigenvalue weighted by Crippen LogP contribution is -2.49. The summed E-state index contributed by atoms with van der Waals surface area (Å²) in [6, 6.07) is 26.9. The molecule has 1 aliphatic carbocycles. The van der Waals surface area contributed by atoms with Gasteiger partial charge >= 0.3 is 6.09 Å². The number of fused-ring (bicyclic) bond motifs is 3. The second-order valence-electron chi connectivity index (χ2n) is 11.5. The summed E-state index contributed by atoms with van der Waals surface area (Å²) >= 11 is 4.60. The molecule has 0 spiro atoms. The summed E-state index contributed by atoms with van der Waals surface area (Å²) in [7, 11) is 4.78. The predicted octanol–water partition coefficient (Wildman–Crippen LogP) is 6.80. The normalized spacial score (nSPS) is 13.1. The van der Waals surface area contributed by atoms with Crippen molar-refractivity contribution >= 4 is 36.0 Å². The summed E-state index contributed by atoms with van der Waals surface area (Å²) in [5, 5.41) is 9.23. The van der Waals surface area contributed by atoms with Crippen LogP contribution >= 0.6 is 12.6 Å². The van der Waals surface area contributed by atoms with E-state index in [1.807, 2.05) is 24.3 Å². The second kappa shape index (κ2) is 16.4. The van der Waals surface area contributed by atoms with Crippen LogP contribution in [0.25, 0.3) is 11.1 Å². The van der Waals surface area contributed by atoms with Gasteiger partial charge in [-0.2, -0.15) is 0 Å². The van der Waals surface area contributed by atoms with E-state index in [1.54, 1.807) is 49.4 Å². The van der Waals surface area contributed by atoms with E-state index in [4.69, 9.17) is 14.2 Å². The topological polar surface area (TPSA) is 101 Å². The van der Waals surface area contributed by atoms with Gasteiger partial charge < -0.3 is 29.7 Å². The first-order chi connectivity index (χ1) is 23.3. The van der Waals surface area contributed by atoms with Gasteiger partial charge in [0.1, 0.15) is 17.9 Å². The van der Waals surface area contributed by atoms with Crippen molar-refractivity contribution in [2.24, 2.45) is 0 Å². The molecular weight excluding hydrogens is 631 g/mol. The number of nitrogens with one attached hydrogen (secondary N) is 3. The molecule has 0 aliphatic heterocycles. The van der Waals surface area contributed by atoms with Crippen molar-refractivity contribution in [2.75, 3.05) is 44.6 Å². The quantitative estimate of drug-likeness (QED) is 0.0627. The van der Waals surface area contributed by atoms with E-state index in [9.17, 15) is 14.0 Å². The Labute approximate surface area is 286 Å². The number of thiol groups is 1. The Hall–Kier alpha value is -4.74. The number of rotatable bonds is 15. The van der Waals surface area contributed by atoms with Crippen LogP contribution in [-0.4, -0.2) is 58.0 Å². The summed E-state index contributed by atoms with van der Waals surface area (Å²) in [6.45, 7) is 0.633. The van der Waals surface area contributed by atoms with E-state index in [-0.39, 0.29) is 24.2 Å². The lowest BCUT2D eigenvalue weighted by atomic mass is 9.98. The highest BCUT2D eigenvalue weighted by molar-refractivity contribution is 7.81. The van der Waals surface area contributed by atoms with Crippen LogP contribution in [-0.2, 0) is 9.53 Å². The number of amides is 2. The average Bonchev–Trinajstić information content (AvgIpc) is 3.43. The SMILES string of the molecule is COc1ccc(N(C)C(=O)[C@H](CCCCNC(=O)OCC2c3ccccc3-c3ccccc32)NC(S)Nc2ccc(F)cc2)cc1OC. The number of unbranched alkanes of at least 4 members (excludes halogenated alkanes) is 1. The van der Waals surface area contributed by atoms with Crippen molar-refractivity contribution in [3.05, 3.63) is 108 Å². The van der Waals surface area contributed by atoms with Crippen LogP contribution < -0.4 is 30.3 Å². The molecule has 5 rings (SSSR count). The Balaban J connectivity index is 1.15. The second-order valence-corrected chi connectivity index (χ2v) is 12.0. The molecule has 9 nitrogen and oxygen atoms in total. The zero-order valence-electron chi connectivity index (χ0n) is 27.2. The molecule has 4 aromatic rings. The number of methoxy groups -OCH3 is 2. The zero-order valence-corrected chi connectivity index (χ0v) is 28.1. The van der Waals surface area contributed by atoms with Gasteiger partial charge in [-0.3, -0.25) is 10.1 Å². The molecule has 252 valence electrons. The monoisotopic (exact) mass is 672 g/mol. The van der Waals surface area contributed by atoms with Gasteiger partial charge in [-0.15, -0.1) is 12.6 Å². The van der Waals surface area contributed by atoms with E-state index < -0.39 is 17.6 Å². The number of benzene rings is 4. The summed E-state index contributed by atoms with van der Waals surface area (Å²) in [5.41, 5.74) is 5.33. The minimum absolute atomic E-state index is 0.0126. The predicted molar refractivity (Wildman–Crippen MR) is 190 cm³/mol. The Morgan fingerprint density at radius 3 is 2.17 bits per heavy atom. The van der Waals surface area contributed by atoms with Gasteiger partial charge in [0.2, 0.25) is 5.91 Å². The van der Waals surface area contributed by atoms with Crippen molar-refractivity contribution in [3.8, 4) is 22.6 Å². The minimum atomic E-state index is -0.631. The number of carbonyl (C=O) groups is 2. The number of anilines is 2. The van der Waals surface area contributed by atoms with Gasteiger partial charge in [0, 0.05) is 37.0 Å². The summed E-state index contributed by atoms with van der Waals surface area (Å²) in [5.74, 6) is 0.511. The Morgan fingerprint density at radius 1 is 0.875 bits per heavy atom. The lowest BCUT2D eigenvalue weighted by molar-refractivity contribution is -0.120. The number of hydrogen-bond acceptors (Lipinski definition) is 8. The van der Waals surface area contributed by atoms with Crippen molar-refractivity contribution in [2.45, 2.75) is 36.7 Å². The minimum Gasteiger partial charge on any atom is -0.493 e. The highest BCUT2D eigenvalue weighted by Gasteiger charge is 2.29. The standard InChI is InChI=1S/C37H41FN4O5S/c1-42(26-19-20-33(45-2)34(22-26)46-3)35(43)32(41-36(48)40-25-17-15-24(38)16-18-25)14-8-9-21-39-37(44)47-23-31-29-12-6-4-10-27(29)28-11-5-7-13-30(28)31/h4-7,10-13,15-20,22,31-32,36,40-41,48H,8-9,14,21,23H2,1-3H3,(H,39,44)/t32-,36?/m0/s1. The molecule has 0 heterocycles. The summed E-state index contributed by atoms with van der Waals surface area (Å²) < 4.78 is 29.8. The van der Waals surface area contributed by atoms with Gasteiger partial charge in [-0.05, 0) is 77.9 Å². The van der Waals surface area contributed by atoms with Crippen molar-refractivity contribution in [1.82, 2.24) is 10.6 Å². The van der Waals surface area contributed by atoms with Crippen LogP contribution in [0.3, 0.4) is 0 Å². The molecule has 1 unspecified atom stereocenters. The summed E-state index contributed by atoms with van der Waals surface area (Å²) in [4.78, 5) is 28.0. The third-order valence-corrected chi connectivity index (χ3v) is 8.70. The fourth-order valence-corrected chi connectivity index (χ4v) is 6.25. The van der Waals surface area contributed by atoms with Gasteiger partial charge in [-0.25, -0.2) is 9.18 Å². The Morgan fingerprint density at radius 2 is 1.52 bits per heavy atom. The van der Waals surface area contributed by atoms with Crippen LogP contribution in [0.5, 0.6) is 11.5 Å². The van der Waals surface area contributed by atoms with Gasteiger partial charge in [0.05, 0.1) is 20.3 Å². The molecule has 0 saturated heterocycles. The molecule has 2 atom stereocenters. The first-order valence-corrected chi connectivity index (χ1v) is 16.4. The molecule has 0 radical (unpaired) electrons. The fourth-order valence-electron chi connectivity index (χ4n) is 5.92.